The quantitative estimate of drug-likeness (QED) is 0.794. The highest BCUT2D eigenvalue weighted by Gasteiger charge is 2.44. The summed E-state index contributed by atoms with van der Waals surface area (Å²) in [5.74, 6) is 0.574. The van der Waals surface area contributed by atoms with Gasteiger partial charge in [0.1, 0.15) is 12.2 Å². The van der Waals surface area contributed by atoms with Crippen LogP contribution >= 0.6 is 0 Å². The summed E-state index contributed by atoms with van der Waals surface area (Å²) in [6.07, 6.45) is 2.62. The molecule has 132 valence electrons. The number of pyridine rings is 1. The van der Waals surface area contributed by atoms with Crippen molar-refractivity contribution >= 4 is 5.91 Å². The SMILES string of the molecule is O=C(CCn1ccccc1=O)N1CCC2(C1)Cn1c(n[nH]c1=O)CO2. The molecule has 1 amide bonds. The number of nitrogens with zero attached hydrogens (tertiary/aromatic N) is 4. The number of fused-ring (bicyclic) bond motifs is 1. The van der Waals surface area contributed by atoms with Gasteiger partial charge in [0.05, 0.1) is 13.1 Å². The number of nitrogens with one attached hydrogen (secondary N) is 1. The lowest BCUT2D eigenvalue weighted by Gasteiger charge is -2.33. The molecule has 1 N–H and O–H groups in total. The van der Waals surface area contributed by atoms with E-state index in [2.05, 4.69) is 10.2 Å². The second-order valence-electron chi connectivity index (χ2n) is 6.55. The molecule has 2 aliphatic heterocycles. The fourth-order valence-electron chi connectivity index (χ4n) is 3.50. The first-order valence-electron chi connectivity index (χ1n) is 8.28. The fraction of sp³-hybridized carbons (Fsp3) is 0.500. The van der Waals surface area contributed by atoms with Crippen molar-refractivity contribution in [2.24, 2.45) is 0 Å². The number of rotatable bonds is 3. The third-order valence-electron chi connectivity index (χ3n) is 4.93. The van der Waals surface area contributed by atoms with E-state index in [0.717, 1.165) is 0 Å². The van der Waals surface area contributed by atoms with E-state index >= 15 is 0 Å². The van der Waals surface area contributed by atoms with Crippen LogP contribution in [-0.4, -0.2) is 48.8 Å². The van der Waals surface area contributed by atoms with Gasteiger partial charge in [0.25, 0.3) is 5.56 Å². The van der Waals surface area contributed by atoms with Gasteiger partial charge < -0.3 is 14.2 Å². The summed E-state index contributed by atoms with van der Waals surface area (Å²) in [7, 11) is 0. The molecule has 1 saturated heterocycles. The Morgan fingerprint density at radius 3 is 3.04 bits per heavy atom. The standard InChI is InChI=1S/C16H19N5O4/c22-13-3-1-2-6-19(13)7-4-14(23)20-8-5-16(10-20)11-21-12(9-25-16)17-18-15(21)24/h1-3,6H,4-5,7-11H2,(H,18,24). The van der Waals surface area contributed by atoms with Gasteiger partial charge in [-0.15, -0.1) is 0 Å². The van der Waals surface area contributed by atoms with Crippen LogP contribution in [0.1, 0.15) is 18.7 Å². The van der Waals surface area contributed by atoms with E-state index in [-0.39, 0.29) is 30.2 Å². The first kappa shape index (κ1) is 15.8. The van der Waals surface area contributed by atoms with E-state index in [1.165, 1.54) is 10.6 Å². The number of aromatic nitrogens is 4. The summed E-state index contributed by atoms with van der Waals surface area (Å²) in [4.78, 5) is 37.7. The maximum absolute atomic E-state index is 12.5. The van der Waals surface area contributed by atoms with Gasteiger partial charge in [-0.05, 0) is 12.5 Å². The Morgan fingerprint density at radius 1 is 1.32 bits per heavy atom. The van der Waals surface area contributed by atoms with Crippen LogP contribution in [0.15, 0.2) is 34.0 Å². The topological polar surface area (TPSA) is 102 Å². The number of amides is 1. The third kappa shape index (κ3) is 2.91. The first-order valence-corrected chi connectivity index (χ1v) is 8.28. The zero-order chi connectivity index (χ0) is 17.4. The van der Waals surface area contributed by atoms with Crippen molar-refractivity contribution in [3.63, 3.8) is 0 Å². The second-order valence-corrected chi connectivity index (χ2v) is 6.55. The van der Waals surface area contributed by atoms with E-state index in [4.69, 9.17) is 4.74 Å². The van der Waals surface area contributed by atoms with Crippen molar-refractivity contribution in [3.8, 4) is 0 Å². The molecular formula is C16H19N5O4. The summed E-state index contributed by atoms with van der Waals surface area (Å²) in [5, 5.41) is 6.35. The van der Waals surface area contributed by atoms with Crippen LogP contribution in [0.5, 0.6) is 0 Å². The number of aryl methyl sites for hydroxylation is 1. The van der Waals surface area contributed by atoms with Gasteiger partial charge >= 0.3 is 5.69 Å². The fourth-order valence-corrected chi connectivity index (χ4v) is 3.50. The van der Waals surface area contributed by atoms with Crippen LogP contribution in [0.3, 0.4) is 0 Å². The molecule has 0 radical (unpaired) electrons. The lowest BCUT2D eigenvalue weighted by atomic mass is 10.0. The average molecular weight is 345 g/mol. The van der Waals surface area contributed by atoms with Gasteiger partial charge in [-0.25, -0.2) is 9.89 Å². The Kier molecular flexibility index (Phi) is 3.79. The lowest BCUT2D eigenvalue weighted by molar-refractivity contribution is -0.133. The van der Waals surface area contributed by atoms with Gasteiger partial charge in [0.2, 0.25) is 5.91 Å². The molecule has 9 heteroatoms. The van der Waals surface area contributed by atoms with Crippen LogP contribution in [0.4, 0.5) is 0 Å². The zero-order valence-corrected chi connectivity index (χ0v) is 13.7. The molecule has 0 saturated carbocycles. The smallest absolute Gasteiger partial charge is 0.343 e. The molecule has 9 nitrogen and oxygen atoms in total. The number of H-pyrrole nitrogens is 1. The summed E-state index contributed by atoms with van der Waals surface area (Å²) < 4.78 is 9.05. The largest absolute Gasteiger partial charge is 0.363 e. The van der Waals surface area contributed by atoms with Crippen molar-refractivity contribution in [1.29, 1.82) is 0 Å². The maximum Gasteiger partial charge on any atom is 0.343 e. The monoisotopic (exact) mass is 345 g/mol. The van der Waals surface area contributed by atoms with Crippen molar-refractivity contribution in [1.82, 2.24) is 24.2 Å². The normalized spacial score (nSPS) is 22.3. The van der Waals surface area contributed by atoms with Crippen LogP contribution < -0.4 is 11.2 Å². The Balaban J connectivity index is 1.40. The minimum atomic E-state index is -0.528. The summed E-state index contributed by atoms with van der Waals surface area (Å²) >= 11 is 0. The Hall–Kier alpha value is -2.68. The molecule has 1 atom stereocenters. The van der Waals surface area contributed by atoms with Gasteiger partial charge in [-0.3, -0.25) is 14.2 Å². The van der Waals surface area contributed by atoms with Gasteiger partial charge in [-0.1, -0.05) is 6.07 Å². The van der Waals surface area contributed by atoms with Crippen LogP contribution in [0.2, 0.25) is 0 Å². The second kappa shape index (κ2) is 5.99. The van der Waals surface area contributed by atoms with E-state index in [9.17, 15) is 14.4 Å². The van der Waals surface area contributed by atoms with E-state index in [0.29, 0.717) is 38.4 Å². The number of likely N-dealkylation sites (tertiary alicyclic amines) is 1. The van der Waals surface area contributed by atoms with E-state index < -0.39 is 5.60 Å². The van der Waals surface area contributed by atoms with Crippen molar-refractivity contribution in [2.75, 3.05) is 13.1 Å². The molecule has 1 fully saturated rings. The molecule has 2 aliphatic rings. The highest BCUT2D eigenvalue weighted by atomic mass is 16.5. The van der Waals surface area contributed by atoms with E-state index in [1.54, 1.807) is 27.8 Å². The minimum Gasteiger partial charge on any atom is -0.363 e. The van der Waals surface area contributed by atoms with Crippen molar-refractivity contribution in [3.05, 3.63) is 51.1 Å². The number of hydrogen-bond acceptors (Lipinski definition) is 5. The number of carbonyl (C=O) groups is 1. The maximum atomic E-state index is 12.5. The van der Waals surface area contributed by atoms with Crippen LogP contribution in [0, 0.1) is 0 Å². The van der Waals surface area contributed by atoms with E-state index in [1.807, 2.05) is 0 Å². The van der Waals surface area contributed by atoms with Gasteiger partial charge in [0, 0.05) is 31.8 Å². The third-order valence-corrected chi connectivity index (χ3v) is 4.93. The molecule has 0 bridgehead atoms. The molecular weight excluding hydrogens is 326 g/mol. The number of hydrogen-bond donors (Lipinski definition) is 1. The number of aromatic amines is 1. The molecule has 0 aliphatic carbocycles. The highest BCUT2D eigenvalue weighted by molar-refractivity contribution is 5.76. The number of ether oxygens (including phenoxy) is 1. The zero-order valence-electron chi connectivity index (χ0n) is 13.7. The van der Waals surface area contributed by atoms with Crippen molar-refractivity contribution < 1.29 is 9.53 Å². The molecule has 1 unspecified atom stereocenters. The molecule has 0 aromatic carbocycles. The first-order chi connectivity index (χ1) is 12.1. The summed E-state index contributed by atoms with van der Waals surface area (Å²) in [5.41, 5.74) is -0.887. The highest BCUT2D eigenvalue weighted by Crippen LogP contribution is 2.31. The molecule has 2 aromatic rings. The molecule has 4 rings (SSSR count). The summed E-state index contributed by atoms with van der Waals surface area (Å²) in [6.45, 7) is 2.06. The Morgan fingerprint density at radius 2 is 2.20 bits per heavy atom. The molecule has 1 spiro atoms. The number of carbonyl (C=O) groups excluding carboxylic acids is 1. The lowest BCUT2D eigenvalue weighted by Crippen LogP contribution is -2.47. The molecule has 2 aromatic heterocycles. The average Bonchev–Trinajstić information content (AvgIpc) is 3.19. The predicted octanol–water partition coefficient (Wildman–Crippen LogP) is -0.675. The Bertz CT molecular complexity index is 913. The molecule has 25 heavy (non-hydrogen) atoms. The molecule has 4 heterocycles. The van der Waals surface area contributed by atoms with Crippen LogP contribution in [-0.2, 0) is 29.2 Å². The van der Waals surface area contributed by atoms with Crippen LogP contribution in [0.25, 0.3) is 0 Å². The summed E-state index contributed by atoms with van der Waals surface area (Å²) in [6, 6.07) is 4.93. The van der Waals surface area contributed by atoms with Crippen molar-refractivity contribution in [2.45, 2.75) is 38.1 Å². The van der Waals surface area contributed by atoms with Gasteiger partial charge in [-0.2, -0.15) is 5.10 Å². The predicted molar refractivity (Wildman–Crippen MR) is 86.9 cm³/mol. The van der Waals surface area contributed by atoms with Gasteiger partial charge in [0.15, 0.2) is 5.82 Å². The Labute approximate surface area is 142 Å². The minimum absolute atomic E-state index is 0.0124.